The predicted octanol–water partition coefficient (Wildman–Crippen LogP) is 1.88. The van der Waals surface area contributed by atoms with E-state index in [4.69, 9.17) is 0 Å². The van der Waals surface area contributed by atoms with Crippen molar-refractivity contribution in [3.8, 4) is 5.95 Å². The van der Waals surface area contributed by atoms with Crippen LogP contribution in [0.1, 0.15) is 23.0 Å². The SMILES string of the molecule is CC(=O)c1cn(-c2ncccn2)nc1C(F)(F)F. The van der Waals surface area contributed by atoms with Crippen LogP contribution < -0.4 is 0 Å². The van der Waals surface area contributed by atoms with Crippen LogP contribution in [0.4, 0.5) is 13.2 Å². The van der Waals surface area contributed by atoms with E-state index < -0.39 is 23.2 Å². The first-order chi connectivity index (χ1) is 8.39. The minimum Gasteiger partial charge on any atom is -0.294 e. The van der Waals surface area contributed by atoms with Crippen LogP contribution in [0.15, 0.2) is 24.7 Å². The molecule has 0 unspecified atom stereocenters. The molecular weight excluding hydrogens is 249 g/mol. The van der Waals surface area contributed by atoms with E-state index in [9.17, 15) is 18.0 Å². The van der Waals surface area contributed by atoms with E-state index in [-0.39, 0.29) is 5.95 Å². The molecule has 0 N–H and O–H groups in total. The standard InChI is InChI=1S/C10H7F3N4O/c1-6(18)7-5-17(9-14-3-2-4-15-9)16-8(7)10(11,12)13/h2-5H,1H3. The second-order valence-electron chi connectivity index (χ2n) is 3.44. The van der Waals surface area contributed by atoms with Gasteiger partial charge in [0, 0.05) is 18.6 Å². The predicted molar refractivity (Wildman–Crippen MR) is 54.2 cm³/mol. The summed E-state index contributed by atoms with van der Waals surface area (Å²) < 4.78 is 38.8. The summed E-state index contributed by atoms with van der Waals surface area (Å²) in [4.78, 5) is 18.7. The minimum absolute atomic E-state index is 0.0319. The molecule has 0 aromatic carbocycles. The van der Waals surface area contributed by atoms with Crippen molar-refractivity contribution in [3.05, 3.63) is 35.9 Å². The molecule has 8 heteroatoms. The zero-order chi connectivity index (χ0) is 13.3. The molecule has 94 valence electrons. The Morgan fingerprint density at radius 1 is 1.28 bits per heavy atom. The van der Waals surface area contributed by atoms with Gasteiger partial charge in [0.25, 0.3) is 0 Å². The first-order valence-corrected chi connectivity index (χ1v) is 4.85. The highest BCUT2D eigenvalue weighted by Crippen LogP contribution is 2.31. The van der Waals surface area contributed by atoms with Crippen LogP contribution in [0.3, 0.4) is 0 Å². The lowest BCUT2D eigenvalue weighted by molar-refractivity contribution is -0.141. The van der Waals surface area contributed by atoms with Crippen LogP contribution in [-0.2, 0) is 6.18 Å². The summed E-state index contributed by atoms with van der Waals surface area (Å²) in [6, 6.07) is 1.52. The third-order valence-electron chi connectivity index (χ3n) is 2.12. The lowest BCUT2D eigenvalue weighted by atomic mass is 10.2. The van der Waals surface area contributed by atoms with Crippen molar-refractivity contribution in [1.82, 2.24) is 19.7 Å². The van der Waals surface area contributed by atoms with Crippen molar-refractivity contribution in [1.29, 1.82) is 0 Å². The fourth-order valence-corrected chi connectivity index (χ4v) is 1.35. The molecular formula is C10H7F3N4O. The number of halogens is 3. The average Bonchev–Trinajstić information content (AvgIpc) is 2.74. The lowest BCUT2D eigenvalue weighted by Gasteiger charge is -2.03. The number of nitrogens with zero attached hydrogens (tertiary/aromatic N) is 4. The molecule has 0 atom stereocenters. The van der Waals surface area contributed by atoms with E-state index in [2.05, 4.69) is 15.1 Å². The van der Waals surface area contributed by atoms with Gasteiger partial charge in [-0.15, -0.1) is 0 Å². The topological polar surface area (TPSA) is 60.7 Å². The van der Waals surface area contributed by atoms with Gasteiger partial charge in [-0.1, -0.05) is 0 Å². The molecule has 0 radical (unpaired) electrons. The maximum absolute atomic E-state index is 12.7. The molecule has 0 saturated heterocycles. The van der Waals surface area contributed by atoms with Crippen LogP contribution in [0.2, 0.25) is 0 Å². The highest BCUT2D eigenvalue weighted by Gasteiger charge is 2.38. The summed E-state index contributed by atoms with van der Waals surface area (Å²) in [5, 5.41) is 3.32. The van der Waals surface area contributed by atoms with E-state index in [0.29, 0.717) is 0 Å². The van der Waals surface area contributed by atoms with Crippen molar-refractivity contribution in [2.24, 2.45) is 0 Å². The van der Waals surface area contributed by atoms with Gasteiger partial charge in [-0.05, 0) is 13.0 Å². The van der Waals surface area contributed by atoms with Gasteiger partial charge in [-0.3, -0.25) is 4.79 Å². The molecule has 5 nitrogen and oxygen atoms in total. The summed E-state index contributed by atoms with van der Waals surface area (Å²) in [5.74, 6) is -0.750. The number of aromatic nitrogens is 4. The molecule has 0 fully saturated rings. The number of carbonyl (C=O) groups excluding carboxylic acids is 1. The zero-order valence-electron chi connectivity index (χ0n) is 9.14. The number of Topliss-reactive ketones (excluding diaryl/α,β-unsaturated/α-hetero) is 1. The molecule has 0 bridgehead atoms. The van der Waals surface area contributed by atoms with Gasteiger partial charge >= 0.3 is 6.18 Å². The van der Waals surface area contributed by atoms with Gasteiger partial charge in [0.15, 0.2) is 11.5 Å². The molecule has 0 saturated carbocycles. The minimum atomic E-state index is -4.69. The zero-order valence-corrected chi connectivity index (χ0v) is 9.14. The van der Waals surface area contributed by atoms with Crippen LogP contribution in [0.25, 0.3) is 5.95 Å². The summed E-state index contributed by atoms with van der Waals surface area (Å²) in [7, 11) is 0. The smallest absolute Gasteiger partial charge is 0.294 e. The third-order valence-corrected chi connectivity index (χ3v) is 2.12. The maximum atomic E-state index is 12.7. The largest absolute Gasteiger partial charge is 0.435 e. The van der Waals surface area contributed by atoms with E-state index in [1.54, 1.807) is 0 Å². The molecule has 0 aliphatic rings. The summed E-state index contributed by atoms with van der Waals surface area (Å²) in [5.41, 5.74) is -1.74. The lowest BCUT2D eigenvalue weighted by Crippen LogP contribution is -2.11. The highest BCUT2D eigenvalue weighted by molar-refractivity contribution is 5.95. The van der Waals surface area contributed by atoms with E-state index >= 15 is 0 Å². The quantitative estimate of drug-likeness (QED) is 0.770. The number of alkyl halides is 3. The summed E-state index contributed by atoms with van der Waals surface area (Å²) in [6.45, 7) is 1.04. The van der Waals surface area contributed by atoms with Crippen molar-refractivity contribution in [2.45, 2.75) is 13.1 Å². The van der Waals surface area contributed by atoms with Gasteiger partial charge in [0.05, 0.1) is 5.56 Å². The number of hydrogen-bond acceptors (Lipinski definition) is 4. The first-order valence-electron chi connectivity index (χ1n) is 4.85. The van der Waals surface area contributed by atoms with Crippen LogP contribution in [0, 0.1) is 0 Å². The Labute approximate surface area is 99.3 Å². The van der Waals surface area contributed by atoms with Crippen molar-refractivity contribution in [3.63, 3.8) is 0 Å². The Kier molecular flexibility index (Phi) is 2.85. The van der Waals surface area contributed by atoms with Gasteiger partial charge in [0.2, 0.25) is 5.95 Å². The molecule has 0 aliphatic carbocycles. The van der Waals surface area contributed by atoms with Crippen LogP contribution in [0.5, 0.6) is 0 Å². The fraction of sp³-hybridized carbons (Fsp3) is 0.200. The molecule has 0 aliphatic heterocycles. The second kappa shape index (κ2) is 4.21. The summed E-state index contributed by atoms with van der Waals surface area (Å²) in [6.07, 6.45) is -0.989. The second-order valence-corrected chi connectivity index (χ2v) is 3.44. The molecule has 18 heavy (non-hydrogen) atoms. The third kappa shape index (κ3) is 2.22. The molecule has 0 spiro atoms. The van der Waals surface area contributed by atoms with Gasteiger partial charge in [0.1, 0.15) is 0 Å². The Balaban J connectivity index is 2.57. The fourth-order valence-electron chi connectivity index (χ4n) is 1.35. The van der Waals surface area contributed by atoms with E-state index in [1.165, 1.54) is 18.5 Å². The number of rotatable bonds is 2. The van der Waals surface area contributed by atoms with Crippen molar-refractivity contribution >= 4 is 5.78 Å². The Bertz CT molecular complexity index is 577. The van der Waals surface area contributed by atoms with Crippen molar-refractivity contribution in [2.75, 3.05) is 0 Å². The van der Waals surface area contributed by atoms with Gasteiger partial charge < -0.3 is 0 Å². The number of carbonyl (C=O) groups is 1. The van der Waals surface area contributed by atoms with E-state index in [1.807, 2.05) is 0 Å². The first kappa shape index (κ1) is 12.2. The number of hydrogen-bond donors (Lipinski definition) is 0. The Hall–Kier alpha value is -2.25. The van der Waals surface area contributed by atoms with Gasteiger partial charge in [-0.25, -0.2) is 14.6 Å². The van der Waals surface area contributed by atoms with E-state index in [0.717, 1.165) is 17.8 Å². The molecule has 2 rings (SSSR count). The van der Waals surface area contributed by atoms with Crippen LogP contribution >= 0.6 is 0 Å². The van der Waals surface area contributed by atoms with Crippen LogP contribution in [-0.4, -0.2) is 25.5 Å². The maximum Gasteiger partial charge on any atom is 0.435 e. The molecule has 2 aromatic heterocycles. The molecule has 0 amide bonds. The molecule has 2 heterocycles. The Morgan fingerprint density at radius 2 is 1.89 bits per heavy atom. The van der Waals surface area contributed by atoms with Crippen molar-refractivity contribution < 1.29 is 18.0 Å². The Morgan fingerprint density at radius 3 is 2.33 bits per heavy atom. The monoisotopic (exact) mass is 256 g/mol. The number of ketones is 1. The normalized spacial score (nSPS) is 11.6. The average molecular weight is 256 g/mol. The van der Waals surface area contributed by atoms with Gasteiger partial charge in [-0.2, -0.15) is 18.3 Å². The highest BCUT2D eigenvalue weighted by atomic mass is 19.4. The summed E-state index contributed by atoms with van der Waals surface area (Å²) >= 11 is 0. The molecule has 2 aromatic rings.